The van der Waals surface area contributed by atoms with Crippen molar-refractivity contribution in [2.45, 2.75) is 45.1 Å². The van der Waals surface area contributed by atoms with Crippen LogP contribution >= 0.6 is 11.3 Å². The fraction of sp³-hybridized carbons (Fsp3) is 0.750. The molecular formula is C16H26N2S. The number of thiophene rings is 1. The molecule has 1 aliphatic carbocycles. The molecule has 3 heteroatoms. The molecule has 1 aromatic rings. The van der Waals surface area contributed by atoms with E-state index in [1.807, 2.05) is 11.3 Å². The number of fused-ring (bicyclic) bond motifs is 1. The van der Waals surface area contributed by atoms with E-state index in [4.69, 9.17) is 0 Å². The number of hydrogen-bond donors (Lipinski definition) is 1. The van der Waals surface area contributed by atoms with Crippen molar-refractivity contribution < 1.29 is 0 Å². The second kappa shape index (κ2) is 6.38. The summed E-state index contributed by atoms with van der Waals surface area (Å²) in [5.74, 6) is 0.766. The largest absolute Gasteiger partial charge is 0.310 e. The van der Waals surface area contributed by atoms with Crippen LogP contribution in [0.3, 0.4) is 0 Å². The first-order chi connectivity index (χ1) is 9.33. The summed E-state index contributed by atoms with van der Waals surface area (Å²) in [7, 11) is 0. The first-order valence-corrected chi connectivity index (χ1v) is 8.73. The van der Waals surface area contributed by atoms with E-state index in [9.17, 15) is 0 Å². The Morgan fingerprint density at radius 2 is 2.21 bits per heavy atom. The minimum Gasteiger partial charge on any atom is -0.310 e. The highest BCUT2D eigenvalue weighted by Gasteiger charge is 2.21. The number of hydrogen-bond acceptors (Lipinski definition) is 3. The summed E-state index contributed by atoms with van der Waals surface area (Å²) in [6.07, 6.45) is 6.78. The van der Waals surface area contributed by atoms with Crippen LogP contribution in [0.1, 0.15) is 49.1 Å². The molecule has 2 atom stereocenters. The van der Waals surface area contributed by atoms with Gasteiger partial charge < -0.3 is 10.2 Å². The highest BCUT2D eigenvalue weighted by Crippen LogP contribution is 2.33. The zero-order chi connectivity index (χ0) is 13.1. The van der Waals surface area contributed by atoms with Gasteiger partial charge in [-0.05, 0) is 74.7 Å². The molecule has 0 saturated carbocycles. The van der Waals surface area contributed by atoms with E-state index in [1.165, 1.54) is 51.7 Å². The van der Waals surface area contributed by atoms with Crippen molar-refractivity contribution in [3.63, 3.8) is 0 Å². The maximum Gasteiger partial charge on any atom is 0.0331 e. The van der Waals surface area contributed by atoms with Gasteiger partial charge in [0.05, 0.1) is 0 Å². The number of likely N-dealkylation sites (tertiary alicyclic amines) is 1. The molecule has 1 N–H and O–H groups in total. The maximum absolute atomic E-state index is 3.82. The Bertz CT molecular complexity index is 395. The predicted octanol–water partition coefficient (Wildman–Crippen LogP) is 3.45. The van der Waals surface area contributed by atoms with Crippen molar-refractivity contribution in [3.05, 3.63) is 21.9 Å². The molecule has 1 aromatic heterocycles. The lowest BCUT2D eigenvalue weighted by atomic mass is 9.93. The monoisotopic (exact) mass is 278 g/mol. The normalized spacial score (nSPS) is 25.4. The molecular weight excluding hydrogens is 252 g/mol. The molecule has 106 valence electrons. The molecule has 2 nitrogen and oxygen atoms in total. The summed E-state index contributed by atoms with van der Waals surface area (Å²) in [4.78, 5) is 4.25. The number of rotatable bonds is 5. The molecule has 1 aliphatic heterocycles. The van der Waals surface area contributed by atoms with Gasteiger partial charge in [0.25, 0.3) is 0 Å². The van der Waals surface area contributed by atoms with Crippen LogP contribution in [0.5, 0.6) is 0 Å². The second-order valence-corrected chi connectivity index (χ2v) is 7.27. The zero-order valence-electron chi connectivity index (χ0n) is 12.0. The van der Waals surface area contributed by atoms with Crippen molar-refractivity contribution in [2.75, 3.05) is 26.2 Å². The average Bonchev–Trinajstić information content (AvgIpc) is 3.06. The van der Waals surface area contributed by atoms with Crippen LogP contribution in [0.4, 0.5) is 0 Å². The topological polar surface area (TPSA) is 15.3 Å². The first-order valence-electron chi connectivity index (χ1n) is 7.85. The molecule has 2 heterocycles. The zero-order valence-corrected chi connectivity index (χ0v) is 12.8. The fourth-order valence-corrected chi connectivity index (χ4v) is 4.50. The molecule has 3 rings (SSSR count). The Hall–Kier alpha value is -0.380. The molecule has 1 fully saturated rings. The van der Waals surface area contributed by atoms with Crippen molar-refractivity contribution in [1.82, 2.24) is 10.2 Å². The van der Waals surface area contributed by atoms with Gasteiger partial charge in [0.1, 0.15) is 0 Å². The van der Waals surface area contributed by atoms with E-state index in [0.29, 0.717) is 6.04 Å². The highest BCUT2D eigenvalue weighted by molar-refractivity contribution is 7.10. The molecule has 0 bridgehead atoms. The molecule has 0 aromatic carbocycles. The molecule has 2 unspecified atom stereocenters. The van der Waals surface area contributed by atoms with Gasteiger partial charge in [-0.2, -0.15) is 0 Å². The number of aryl methyl sites for hydroxylation is 1. The molecule has 0 spiro atoms. The van der Waals surface area contributed by atoms with Gasteiger partial charge in [0, 0.05) is 17.5 Å². The predicted molar refractivity (Wildman–Crippen MR) is 82.8 cm³/mol. The Morgan fingerprint density at radius 1 is 1.37 bits per heavy atom. The van der Waals surface area contributed by atoms with Crippen molar-refractivity contribution in [3.8, 4) is 0 Å². The summed E-state index contributed by atoms with van der Waals surface area (Å²) < 4.78 is 0. The lowest BCUT2D eigenvalue weighted by Crippen LogP contribution is -2.34. The van der Waals surface area contributed by atoms with E-state index >= 15 is 0 Å². The Balaban J connectivity index is 1.47. The van der Waals surface area contributed by atoms with E-state index in [2.05, 4.69) is 28.6 Å². The standard InChI is InChI=1S/C16H26N2S/c1-13(12-18-8-2-3-9-18)11-17-15-5-4-6-16-14(15)7-10-19-16/h7,10,13,15,17H,2-6,8-9,11-12H2,1H3. The van der Waals surface area contributed by atoms with Gasteiger partial charge >= 0.3 is 0 Å². The van der Waals surface area contributed by atoms with E-state index in [-0.39, 0.29) is 0 Å². The van der Waals surface area contributed by atoms with E-state index in [0.717, 1.165) is 12.5 Å². The summed E-state index contributed by atoms with van der Waals surface area (Å²) in [5, 5.41) is 6.08. The fourth-order valence-electron chi connectivity index (χ4n) is 3.51. The molecule has 2 aliphatic rings. The minimum atomic E-state index is 0.621. The smallest absolute Gasteiger partial charge is 0.0331 e. The molecule has 0 amide bonds. The highest BCUT2D eigenvalue weighted by atomic mass is 32.1. The van der Waals surface area contributed by atoms with Gasteiger partial charge in [-0.25, -0.2) is 0 Å². The maximum atomic E-state index is 3.82. The SMILES string of the molecule is CC(CNC1CCCc2sccc21)CN1CCCC1. The quantitative estimate of drug-likeness (QED) is 0.887. The molecule has 0 radical (unpaired) electrons. The van der Waals surface area contributed by atoms with Crippen LogP contribution in [0, 0.1) is 5.92 Å². The van der Waals surface area contributed by atoms with Gasteiger partial charge in [-0.3, -0.25) is 0 Å². The van der Waals surface area contributed by atoms with E-state index in [1.54, 1.807) is 10.4 Å². The average molecular weight is 278 g/mol. The van der Waals surface area contributed by atoms with Crippen LogP contribution < -0.4 is 5.32 Å². The Labute approximate surface area is 121 Å². The molecule has 1 saturated heterocycles. The van der Waals surface area contributed by atoms with Gasteiger partial charge in [0.2, 0.25) is 0 Å². The summed E-state index contributed by atoms with van der Waals surface area (Å²) in [5.41, 5.74) is 1.59. The Morgan fingerprint density at radius 3 is 3.05 bits per heavy atom. The van der Waals surface area contributed by atoms with Crippen LogP contribution in [-0.4, -0.2) is 31.1 Å². The summed E-state index contributed by atoms with van der Waals surface area (Å²) >= 11 is 1.94. The first kappa shape index (κ1) is 13.6. The van der Waals surface area contributed by atoms with Gasteiger partial charge in [-0.15, -0.1) is 11.3 Å². The lowest BCUT2D eigenvalue weighted by Gasteiger charge is -2.27. The van der Waals surface area contributed by atoms with Gasteiger partial charge in [-0.1, -0.05) is 6.92 Å². The lowest BCUT2D eigenvalue weighted by molar-refractivity contribution is 0.275. The summed E-state index contributed by atoms with van der Waals surface area (Å²) in [6, 6.07) is 2.96. The molecule has 19 heavy (non-hydrogen) atoms. The third kappa shape index (κ3) is 3.39. The van der Waals surface area contributed by atoms with Crippen LogP contribution in [0.25, 0.3) is 0 Å². The van der Waals surface area contributed by atoms with Crippen LogP contribution in [0.2, 0.25) is 0 Å². The van der Waals surface area contributed by atoms with Crippen LogP contribution in [-0.2, 0) is 6.42 Å². The Kier molecular flexibility index (Phi) is 4.57. The van der Waals surface area contributed by atoms with Gasteiger partial charge in [0.15, 0.2) is 0 Å². The third-order valence-corrected chi connectivity index (χ3v) is 5.53. The van der Waals surface area contributed by atoms with E-state index < -0.39 is 0 Å². The third-order valence-electron chi connectivity index (χ3n) is 4.53. The van der Waals surface area contributed by atoms with Crippen molar-refractivity contribution in [1.29, 1.82) is 0 Å². The number of nitrogens with one attached hydrogen (secondary N) is 1. The van der Waals surface area contributed by atoms with Crippen molar-refractivity contribution >= 4 is 11.3 Å². The van der Waals surface area contributed by atoms with Crippen LogP contribution in [0.15, 0.2) is 11.4 Å². The minimum absolute atomic E-state index is 0.621. The van der Waals surface area contributed by atoms with Crippen molar-refractivity contribution in [2.24, 2.45) is 5.92 Å². The second-order valence-electron chi connectivity index (χ2n) is 6.27. The summed E-state index contributed by atoms with van der Waals surface area (Å²) in [6.45, 7) is 7.47. The number of nitrogens with zero attached hydrogens (tertiary/aromatic N) is 1.